The third-order valence-corrected chi connectivity index (χ3v) is 3.92. The van der Waals surface area contributed by atoms with E-state index in [1.807, 2.05) is 10.8 Å². The van der Waals surface area contributed by atoms with Crippen LogP contribution in [0.15, 0.2) is 21.4 Å². The van der Waals surface area contributed by atoms with E-state index in [0.29, 0.717) is 5.56 Å². The van der Waals surface area contributed by atoms with Crippen molar-refractivity contribution in [1.82, 2.24) is 4.31 Å². The van der Waals surface area contributed by atoms with Gasteiger partial charge in [-0.15, -0.1) is 0 Å². The van der Waals surface area contributed by atoms with E-state index >= 15 is 0 Å². The molecule has 1 aromatic rings. The standard InChI is InChI=1S/C9H9NO3S2/c1-10-7(9(12)13-2)8(11)5-3-14-4-6(5)15-10/h3-4,11H,1-2H3. The average molecular weight is 243 g/mol. The molecule has 1 N–H and O–H groups in total. The molecular formula is C9H9NO3S2. The number of thiophene rings is 1. The Labute approximate surface area is 95.3 Å². The highest BCUT2D eigenvalue weighted by atomic mass is 32.2. The minimum absolute atomic E-state index is 0.0145. The van der Waals surface area contributed by atoms with Crippen LogP contribution in [0.5, 0.6) is 0 Å². The van der Waals surface area contributed by atoms with E-state index in [9.17, 15) is 9.90 Å². The predicted molar refractivity (Wildman–Crippen MR) is 59.5 cm³/mol. The van der Waals surface area contributed by atoms with Crippen molar-refractivity contribution in [2.45, 2.75) is 4.90 Å². The van der Waals surface area contributed by atoms with Gasteiger partial charge in [0.25, 0.3) is 0 Å². The highest BCUT2D eigenvalue weighted by Gasteiger charge is 2.29. The molecule has 1 aliphatic rings. The van der Waals surface area contributed by atoms with Crippen LogP contribution in [0.2, 0.25) is 0 Å². The summed E-state index contributed by atoms with van der Waals surface area (Å²) < 4.78 is 6.22. The van der Waals surface area contributed by atoms with Crippen LogP contribution in [0.1, 0.15) is 5.56 Å². The second-order valence-corrected chi connectivity index (χ2v) is 4.84. The number of hydrogen-bond donors (Lipinski definition) is 1. The molecule has 0 unspecified atom stereocenters. The molecule has 1 aliphatic heterocycles. The van der Waals surface area contributed by atoms with Crippen molar-refractivity contribution in [3.05, 3.63) is 22.0 Å². The average Bonchev–Trinajstić information content (AvgIpc) is 2.65. The van der Waals surface area contributed by atoms with Crippen LogP contribution >= 0.6 is 23.3 Å². The van der Waals surface area contributed by atoms with Crippen molar-refractivity contribution in [2.75, 3.05) is 14.2 Å². The maximum Gasteiger partial charge on any atom is 0.359 e. The molecule has 0 saturated heterocycles. The summed E-state index contributed by atoms with van der Waals surface area (Å²) in [5, 5.41) is 13.7. The molecule has 0 amide bonds. The fraction of sp³-hybridized carbons (Fsp3) is 0.222. The monoisotopic (exact) mass is 243 g/mol. The Balaban J connectivity index is 2.53. The van der Waals surface area contributed by atoms with Gasteiger partial charge in [-0.3, -0.25) is 0 Å². The minimum Gasteiger partial charge on any atom is -0.505 e. The number of esters is 1. The van der Waals surface area contributed by atoms with Crippen molar-refractivity contribution < 1.29 is 14.6 Å². The molecule has 0 atom stereocenters. The topological polar surface area (TPSA) is 49.8 Å². The largest absolute Gasteiger partial charge is 0.505 e. The van der Waals surface area contributed by atoms with Crippen molar-refractivity contribution in [2.24, 2.45) is 0 Å². The van der Waals surface area contributed by atoms with Gasteiger partial charge in [-0.1, -0.05) is 0 Å². The Morgan fingerprint density at radius 1 is 1.53 bits per heavy atom. The number of carbonyl (C=O) groups excluding carboxylic acids is 1. The second kappa shape index (κ2) is 3.79. The quantitative estimate of drug-likeness (QED) is 0.604. The van der Waals surface area contributed by atoms with E-state index in [4.69, 9.17) is 0 Å². The number of nitrogens with zero attached hydrogens (tertiary/aromatic N) is 1. The van der Waals surface area contributed by atoms with Crippen molar-refractivity contribution in [3.8, 4) is 0 Å². The highest BCUT2D eigenvalue weighted by molar-refractivity contribution is 7.97. The van der Waals surface area contributed by atoms with Gasteiger partial charge in [-0.25, -0.2) is 4.79 Å². The zero-order chi connectivity index (χ0) is 11.0. The Morgan fingerprint density at radius 2 is 2.27 bits per heavy atom. The third kappa shape index (κ3) is 1.59. The highest BCUT2D eigenvalue weighted by Crippen LogP contribution is 2.40. The summed E-state index contributed by atoms with van der Waals surface area (Å²) in [6.45, 7) is 0. The van der Waals surface area contributed by atoms with Crippen LogP contribution in [-0.4, -0.2) is 29.5 Å². The fourth-order valence-corrected chi connectivity index (χ4v) is 3.23. The molecule has 1 aromatic heterocycles. The van der Waals surface area contributed by atoms with E-state index in [-0.39, 0.29) is 11.5 Å². The predicted octanol–water partition coefficient (Wildman–Crippen LogP) is 2.10. The summed E-state index contributed by atoms with van der Waals surface area (Å²) in [4.78, 5) is 12.4. The van der Waals surface area contributed by atoms with Crippen LogP contribution < -0.4 is 0 Å². The zero-order valence-corrected chi connectivity index (χ0v) is 9.82. The first kappa shape index (κ1) is 10.4. The third-order valence-electron chi connectivity index (χ3n) is 2.03. The van der Waals surface area contributed by atoms with E-state index in [1.165, 1.54) is 30.4 Å². The molecule has 0 aliphatic carbocycles. The molecule has 15 heavy (non-hydrogen) atoms. The van der Waals surface area contributed by atoms with Crippen LogP contribution in [0.25, 0.3) is 5.76 Å². The van der Waals surface area contributed by atoms with Crippen LogP contribution in [0.3, 0.4) is 0 Å². The Morgan fingerprint density at radius 3 is 2.93 bits per heavy atom. The summed E-state index contributed by atoms with van der Waals surface area (Å²) in [7, 11) is 3.01. The number of aliphatic hydroxyl groups excluding tert-OH is 1. The van der Waals surface area contributed by atoms with Gasteiger partial charge in [0.05, 0.1) is 12.0 Å². The second-order valence-electron chi connectivity index (χ2n) is 2.93. The normalized spacial score (nSPS) is 15.2. The first-order valence-electron chi connectivity index (χ1n) is 4.15. The van der Waals surface area contributed by atoms with Crippen molar-refractivity contribution in [3.63, 3.8) is 0 Å². The molecular weight excluding hydrogens is 234 g/mol. The SMILES string of the molecule is COC(=O)C1=C(O)c2cscc2SN1C. The minimum atomic E-state index is -0.528. The van der Waals surface area contributed by atoms with Gasteiger partial charge in [0.15, 0.2) is 11.5 Å². The lowest BCUT2D eigenvalue weighted by molar-refractivity contribution is -0.137. The lowest BCUT2D eigenvalue weighted by atomic mass is 10.2. The Kier molecular flexibility index (Phi) is 2.62. The molecule has 0 bridgehead atoms. The molecule has 0 radical (unpaired) electrons. The van der Waals surface area contributed by atoms with Gasteiger partial charge >= 0.3 is 5.97 Å². The number of methoxy groups -OCH3 is 1. The Hall–Kier alpha value is -1.14. The van der Waals surface area contributed by atoms with Gasteiger partial charge in [-0.05, 0) is 11.9 Å². The molecule has 0 spiro atoms. The zero-order valence-electron chi connectivity index (χ0n) is 8.18. The molecule has 80 valence electrons. The van der Waals surface area contributed by atoms with Crippen LogP contribution in [0.4, 0.5) is 0 Å². The Bertz CT molecular complexity index is 438. The van der Waals surface area contributed by atoms with E-state index in [0.717, 1.165) is 4.90 Å². The summed E-state index contributed by atoms with van der Waals surface area (Å²) in [5.41, 5.74) is 0.886. The maximum atomic E-state index is 11.4. The first-order chi connectivity index (χ1) is 7.15. The number of aliphatic hydroxyl groups is 1. The first-order valence-corrected chi connectivity index (χ1v) is 5.86. The molecule has 0 aromatic carbocycles. The van der Waals surface area contributed by atoms with E-state index < -0.39 is 5.97 Å². The van der Waals surface area contributed by atoms with Gasteiger partial charge in [0, 0.05) is 23.4 Å². The molecule has 4 nitrogen and oxygen atoms in total. The molecule has 2 heterocycles. The van der Waals surface area contributed by atoms with Gasteiger partial charge in [0.2, 0.25) is 0 Å². The molecule has 0 fully saturated rings. The number of rotatable bonds is 1. The van der Waals surface area contributed by atoms with Crippen LogP contribution in [0, 0.1) is 0 Å². The number of ether oxygens (including phenoxy) is 1. The fourth-order valence-electron chi connectivity index (χ4n) is 1.32. The number of hydrogen-bond acceptors (Lipinski definition) is 6. The number of carbonyl (C=O) groups is 1. The van der Waals surface area contributed by atoms with E-state index in [2.05, 4.69) is 4.74 Å². The number of fused-ring (bicyclic) bond motifs is 1. The van der Waals surface area contributed by atoms with Crippen molar-refractivity contribution in [1.29, 1.82) is 0 Å². The smallest absolute Gasteiger partial charge is 0.359 e. The van der Waals surface area contributed by atoms with Gasteiger partial charge in [0.1, 0.15) is 0 Å². The maximum absolute atomic E-state index is 11.4. The van der Waals surface area contributed by atoms with E-state index in [1.54, 1.807) is 11.4 Å². The van der Waals surface area contributed by atoms with Crippen LogP contribution in [-0.2, 0) is 9.53 Å². The molecule has 6 heteroatoms. The number of likely N-dealkylation sites (N-methyl/N-ethyl adjacent to an activating group) is 1. The van der Waals surface area contributed by atoms with Gasteiger partial charge < -0.3 is 14.1 Å². The lowest BCUT2D eigenvalue weighted by Gasteiger charge is -2.24. The van der Waals surface area contributed by atoms with Crippen molar-refractivity contribution >= 4 is 35.0 Å². The summed E-state index contributed by atoms with van der Waals surface area (Å²) in [6, 6.07) is 0. The lowest BCUT2D eigenvalue weighted by Crippen LogP contribution is -2.23. The summed E-state index contributed by atoms with van der Waals surface area (Å²) in [6.07, 6.45) is 0. The van der Waals surface area contributed by atoms with Gasteiger partial charge in [-0.2, -0.15) is 11.3 Å². The molecule has 0 saturated carbocycles. The summed E-state index contributed by atoms with van der Waals surface area (Å²) in [5.74, 6) is -0.543. The molecule has 2 rings (SSSR count). The summed E-state index contributed by atoms with van der Waals surface area (Å²) >= 11 is 2.89.